The average molecular weight is 2050 g/mol. The SMILES string of the molecule is O=C1c2cc(Br)c3c4c(c(Br)cc(c24)C(=O)N1Cc1ccc(C(F)(F)F)cc1)C(=O)N(Cc1ccc(C(F)(F)F)cc1)C3=O.O=C1c2cc(Br)c3c4c(cc(Br)c(c24)C(=O)N1Cc1ccc(C(F)(F)F)cc1)C(=O)N(Cc1ccc(C(F)(F)F)cc1)C3=O.O=c1c2c(Br)cc3c4c(c(Br)cc(c24)c2nc4ccccc4n12)c(=O)n1c2ccccc2nc31. The lowest BCUT2D eigenvalue weighted by Gasteiger charge is -2.33. The van der Waals surface area contributed by atoms with E-state index in [1.165, 1.54) is 24.3 Å². The first kappa shape index (κ1) is 81.3. The van der Waals surface area contributed by atoms with Crippen LogP contribution in [-0.2, 0) is 50.9 Å². The summed E-state index contributed by atoms with van der Waals surface area (Å²) in [5.74, 6) is -6.31. The van der Waals surface area contributed by atoms with E-state index in [9.17, 15) is 101 Å². The van der Waals surface area contributed by atoms with E-state index >= 15 is 0 Å². The fraction of sp³-hybridized carbons (Fsp3) is 0.0930. The minimum absolute atomic E-state index is 0.0114. The van der Waals surface area contributed by atoms with Crippen LogP contribution in [0.5, 0.6) is 0 Å². The maximum Gasteiger partial charge on any atom is 0.416 e. The number of amides is 8. The van der Waals surface area contributed by atoms with Crippen LogP contribution in [0.1, 0.15) is 127 Å². The zero-order valence-corrected chi connectivity index (χ0v) is 70.1. The van der Waals surface area contributed by atoms with Gasteiger partial charge < -0.3 is 0 Å². The highest BCUT2D eigenvalue weighted by Gasteiger charge is 2.46. The van der Waals surface area contributed by atoms with Crippen LogP contribution < -0.4 is 11.1 Å². The minimum atomic E-state index is -4.57. The number of imidazole rings is 2. The van der Waals surface area contributed by atoms with Crippen LogP contribution in [0.4, 0.5) is 52.7 Å². The summed E-state index contributed by atoms with van der Waals surface area (Å²) in [5, 5.41) is 4.33. The summed E-state index contributed by atoms with van der Waals surface area (Å²) in [7, 11) is 0. The summed E-state index contributed by atoms with van der Waals surface area (Å²) in [4.78, 5) is 150. The molecule has 8 amide bonds. The second kappa shape index (κ2) is 29.0. The maximum absolute atomic E-state index is 13.8. The third-order valence-corrected chi connectivity index (χ3v) is 25.3. The molecule has 0 unspecified atom stereocenters. The monoisotopic (exact) mass is 2040 g/mol. The lowest BCUT2D eigenvalue weighted by Crippen LogP contribution is -2.43. The van der Waals surface area contributed by atoms with E-state index in [1.54, 1.807) is 8.80 Å². The Balaban J connectivity index is 0.000000126. The quantitative estimate of drug-likeness (QED) is 0.0788. The Labute approximate surface area is 723 Å². The number of pyridine rings is 2. The molecule has 4 aliphatic rings. The number of carbonyl (C=O) groups excluding carboxylic acids is 8. The number of fused-ring (bicyclic) bond motifs is 8. The van der Waals surface area contributed by atoms with Crippen molar-refractivity contribution in [2.45, 2.75) is 50.9 Å². The van der Waals surface area contributed by atoms with Gasteiger partial charge in [0, 0.05) is 92.2 Å². The van der Waals surface area contributed by atoms with Crippen molar-refractivity contribution >= 4 is 230 Å². The minimum Gasteiger partial charge on any atom is -0.270 e. The van der Waals surface area contributed by atoms with Crippen LogP contribution in [0.15, 0.2) is 218 Å². The van der Waals surface area contributed by atoms with Crippen molar-refractivity contribution in [2.24, 2.45) is 0 Å². The van der Waals surface area contributed by atoms with Crippen molar-refractivity contribution in [3.8, 4) is 0 Å². The fourth-order valence-corrected chi connectivity index (χ4v) is 19.6. The molecule has 16 aromatic rings. The van der Waals surface area contributed by atoms with Crippen LogP contribution in [0, 0.1) is 0 Å². The van der Waals surface area contributed by atoms with E-state index in [4.69, 9.17) is 9.97 Å². The Bertz CT molecular complexity index is 7220. The number of imide groups is 4. The molecule has 608 valence electrons. The number of hydrogen-bond donors (Lipinski definition) is 0. The number of carbonyl (C=O) groups is 8. The van der Waals surface area contributed by atoms with E-state index in [0.717, 1.165) is 160 Å². The molecule has 0 atom stereocenters. The molecular formula is C86H38Br6F12N8O10. The summed E-state index contributed by atoms with van der Waals surface area (Å²) in [6, 6.07) is 40.3. The molecule has 20 rings (SSSR count). The Morgan fingerprint density at radius 3 is 0.787 bits per heavy atom. The Morgan fingerprint density at radius 1 is 0.262 bits per heavy atom. The standard InChI is InChI=1S/2C30H14Br2F6N2O4.C26H10Br2N4O2/c31-19-10-18-22-21-17(25(41)39(27(43)23(19)21)11-13-1-5-15(6-2-13)29(33,34)35)9-20(32)24(22)28(44)40(26(18)42)12-14-3-7-16(8-4-14)30(36,37)38;31-19-9-17-21-18(26(42)39(25(17)41)11-13-1-5-15(6-2-13)29(33,34)35)10-20(32)23-24(21)22(19)27(43)40(28(23)44)12-14-3-7-16(8-4-14)30(36,37)38;27-13-9-11-19-20-12(24-30-16-6-2-4-8-18(16)32(24)26(34)22(13)20)10-14(28)21(19)25(33)31-17-7-3-1-5-15(17)29-23(11)31/h2*1-10H,11-12H2;1-10H. The zero-order chi connectivity index (χ0) is 86.6. The summed E-state index contributed by atoms with van der Waals surface area (Å²) >= 11 is 20.6. The summed E-state index contributed by atoms with van der Waals surface area (Å²) in [6.07, 6.45) is -18.3. The van der Waals surface area contributed by atoms with Crippen molar-refractivity contribution in [2.75, 3.05) is 0 Å². The van der Waals surface area contributed by atoms with Crippen LogP contribution in [0.2, 0.25) is 0 Å². The smallest absolute Gasteiger partial charge is 0.270 e. The van der Waals surface area contributed by atoms with Crippen molar-refractivity contribution in [3.63, 3.8) is 0 Å². The van der Waals surface area contributed by atoms with Gasteiger partial charge in [-0.25, -0.2) is 9.97 Å². The van der Waals surface area contributed by atoms with E-state index in [-0.39, 0.29) is 143 Å². The Morgan fingerprint density at radius 2 is 0.508 bits per heavy atom. The van der Waals surface area contributed by atoms with Gasteiger partial charge in [0.25, 0.3) is 58.4 Å². The van der Waals surface area contributed by atoms with Crippen molar-refractivity contribution in [3.05, 3.63) is 319 Å². The van der Waals surface area contributed by atoms with Crippen molar-refractivity contribution in [1.29, 1.82) is 0 Å². The second-order valence-electron chi connectivity index (χ2n) is 28.6. The molecule has 18 nitrogen and oxygen atoms in total. The number of aromatic nitrogens is 4. The van der Waals surface area contributed by atoms with Gasteiger partial charge in [0.1, 0.15) is 11.3 Å². The summed E-state index contributed by atoms with van der Waals surface area (Å²) < 4.78 is 161. The van der Waals surface area contributed by atoms with Gasteiger partial charge in [0.05, 0.1) is 104 Å². The molecule has 0 saturated carbocycles. The highest BCUT2D eigenvalue weighted by Crippen LogP contribution is 2.49. The molecule has 0 aliphatic carbocycles. The average Bonchev–Trinajstić information content (AvgIpc) is 1.40. The van der Waals surface area contributed by atoms with Crippen LogP contribution in [0.3, 0.4) is 0 Å². The van der Waals surface area contributed by atoms with Crippen LogP contribution >= 0.6 is 95.6 Å². The number of benzene rings is 12. The van der Waals surface area contributed by atoms with E-state index in [2.05, 4.69) is 95.6 Å². The molecule has 36 heteroatoms. The van der Waals surface area contributed by atoms with E-state index in [0.29, 0.717) is 31.0 Å². The second-order valence-corrected chi connectivity index (χ2v) is 33.8. The molecule has 0 radical (unpaired) electrons. The molecule has 0 N–H and O–H groups in total. The van der Waals surface area contributed by atoms with Crippen molar-refractivity contribution in [1.82, 2.24) is 38.4 Å². The molecule has 12 aromatic carbocycles. The zero-order valence-electron chi connectivity index (χ0n) is 60.6. The van der Waals surface area contributed by atoms with E-state index < -0.39 is 94.2 Å². The molecular weight excluding hydrogens is 2010 g/mol. The number of rotatable bonds is 8. The highest BCUT2D eigenvalue weighted by atomic mass is 79.9. The third-order valence-electron chi connectivity index (χ3n) is 21.6. The van der Waals surface area contributed by atoms with E-state index in [1.807, 2.05) is 60.7 Å². The lowest BCUT2D eigenvalue weighted by molar-refractivity contribution is -0.138. The number of nitrogens with zero attached hydrogens (tertiary/aromatic N) is 8. The maximum atomic E-state index is 13.8. The molecule has 4 aliphatic heterocycles. The largest absolute Gasteiger partial charge is 0.416 e. The molecule has 4 aromatic heterocycles. The lowest BCUT2D eigenvalue weighted by atomic mass is 9.85. The number of halogens is 18. The van der Waals surface area contributed by atoms with Gasteiger partial charge in [-0.3, -0.25) is 76.3 Å². The van der Waals surface area contributed by atoms with Gasteiger partial charge in [-0.05, 0) is 227 Å². The van der Waals surface area contributed by atoms with Crippen LogP contribution in [0.25, 0.3) is 87.2 Å². The number of hydrogen-bond acceptors (Lipinski definition) is 12. The Kier molecular flexibility index (Phi) is 19.3. The topological polar surface area (TPSA) is 218 Å². The third kappa shape index (κ3) is 12.9. The van der Waals surface area contributed by atoms with Gasteiger partial charge in [0.15, 0.2) is 0 Å². The van der Waals surface area contributed by atoms with Gasteiger partial charge >= 0.3 is 24.7 Å². The number of alkyl halides is 12. The van der Waals surface area contributed by atoms with Crippen molar-refractivity contribution < 1.29 is 91.0 Å². The highest BCUT2D eigenvalue weighted by molar-refractivity contribution is 9.11. The predicted octanol–water partition coefficient (Wildman–Crippen LogP) is 21.9. The fourth-order valence-electron chi connectivity index (χ4n) is 16.0. The Hall–Kier alpha value is -11.7. The first-order chi connectivity index (χ1) is 57.7. The van der Waals surface area contributed by atoms with Gasteiger partial charge in [-0.15, -0.1) is 0 Å². The molecule has 122 heavy (non-hydrogen) atoms. The summed E-state index contributed by atoms with van der Waals surface area (Å²) in [6.45, 7) is -1.38. The van der Waals surface area contributed by atoms with Gasteiger partial charge in [-0.2, -0.15) is 52.7 Å². The molecule has 8 heterocycles. The van der Waals surface area contributed by atoms with Gasteiger partial charge in [-0.1, -0.05) is 72.8 Å². The normalized spacial score (nSPS) is 14.4. The predicted molar refractivity (Wildman–Crippen MR) is 443 cm³/mol. The van der Waals surface area contributed by atoms with Crippen LogP contribution in [-0.4, -0.2) is 85.6 Å². The molecule has 0 bridgehead atoms. The van der Waals surface area contributed by atoms with Gasteiger partial charge in [0.2, 0.25) is 0 Å². The molecule has 0 spiro atoms. The summed E-state index contributed by atoms with van der Waals surface area (Å²) in [5.41, 5.74) is 1.11. The first-order valence-corrected chi connectivity index (χ1v) is 40.6. The molecule has 0 fully saturated rings. The first-order valence-electron chi connectivity index (χ1n) is 35.8. The molecule has 0 saturated heterocycles. The number of para-hydroxylation sites is 4.